The normalized spacial score (nSPS) is 28.8. The van der Waals surface area contributed by atoms with Gasteiger partial charge in [0, 0.05) is 36.9 Å². The Balaban J connectivity index is 1.30. The summed E-state index contributed by atoms with van der Waals surface area (Å²) in [6, 6.07) is 7.52. The first-order chi connectivity index (χ1) is 13.1. The number of aromatic amines is 1. The quantitative estimate of drug-likeness (QED) is 0.494. The van der Waals surface area contributed by atoms with Crippen molar-refractivity contribution in [3.63, 3.8) is 0 Å². The molecule has 0 spiro atoms. The fraction of sp³-hybridized carbons (Fsp3) is 0.474. The largest absolute Gasteiger partial charge is 0.627 e. The van der Waals surface area contributed by atoms with Crippen LogP contribution in [0.3, 0.4) is 0 Å². The van der Waals surface area contributed by atoms with E-state index in [1.165, 1.54) is 0 Å². The van der Waals surface area contributed by atoms with Crippen molar-refractivity contribution in [2.45, 2.75) is 44.2 Å². The number of nitrogens with zero attached hydrogens (tertiary/aromatic N) is 2. The number of hydrogen-bond donors (Lipinski definition) is 4. The van der Waals surface area contributed by atoms with Crippen molar-refractivity contribution in [1.29, 1.82) is 0 Å². The Morgan fingerprint density at radius 3 is 3.04 bits per heavy atom. The number of benzene rings is 1. The van der Waals surface area contributed by atoms with E-state index in [-0.39, 0.29) is 22.8 Å². The van der Waals surface area contributed by atoms with Crippen LogP contribution in [-0.2, 0) is 6.42 Å². The van der Waals surface area contributed by atoms with Gasteiger partial charge in [-0.2, -0.15) is 5.10 Å². The monoisotopic (exact) mass is 368 g/mol. The molecule has 3 aliphatic heterocycles. The summed E-state index contributed by atoms with van der Waals surface area (Å²) < 4.78 is -0.233. The third kappa shape index (κ3) is 2.80. The van der Waals surface area contributed by atoms with Crippen LogP contribution in [-0.4, -0.2) is 35.4 Å². The molecule has 0 radical (unpaired) electrons. The summed E-state index contributed by atoms with van der Waals surface area (Å²) in [5, 5.41) is 29.4. The van der Waals surface area contributed by atoms with Crippen LogP contribution in [0.15, 0.2) is 24.3 Å². The molecule has 0 aliphatic carbocycles. The lowest BCUT2D eigenvalue weighted by Crippen LogP contribution is -2.44. The Labute approximate surface area is 157 Å². The number of hydrogen-bond acceptors (Lipinski definition) is 4. The summed E-state index contributed by atoms with van der Waals surface area (Å²) in [6.45, 7) is 1.64. The molecular formula is C19H24N6O2. The van der Waals surface area contributed by atoms with Crippen LogP contribution in [0.5, 0.6) is 0 Å². The van der Waals surface area contributed by atoms with Gasteiger partial charge in [0.1, 0.15) is 5.69 Å². The molecule has 0 saturated carbocycles. The van der Waals surface area contributed by atoms with E-state index in [9.17, 15) is 10.0 Å². The van der Waals surface area contributed by atoms with Crippen molar-refractivity contribution in [2.24, 2.45) is 0 Å². The van der Waals surface area contributed by atoms with Crippen LogP contribution in [0.4, 0.5) is 22.0 Å². The molecule has 8 heteroatoms. The van der Waals surface area contributed by atoms with E-state index in [1.54, 1.807) is 0 Å². The van der Waals surface area contributed by atoms with E-state index < -0.39 is 0 Å². The number of H-pyrrole nitrogens is 1. The highest BCUT2D eigenvalue weighted by molar-refractivity contribution is 6.00. The lowest BCUT2D eigenvalue weighted by atomic mass is 10.1. The standard InChI is InChI=1S/C19H24N6O2/c26-19(22-18-11-16(23-24-18)15-6-2-8-20-15)21-14-5-1-7-17-13(14)10-12-4-3-9-25(12,17)27/h1,5,7,11-12,15,20H,2-4,6,8-10H2,(H3,21,22,23,24,26). The first kappa shape index (κ1) is 16.7. The molecule has 1 aromatic carbocycles. The minimum absolute atomic E-state index is 0.0961. The number of anilines is 2. The molecular weight excluding hydrogens is 344 g/mol. The third-order valence-corrected chi connectivity index (χ3v) is 6.14. The summed E-state index contributed by atoms with van der Waals surface area (Å²) in [7, 11) is 0. The van der Waals surface area contributed by atoms with E-state index in [1.807, 2.05) is 24.3 Å². The first-order valence-corrected chi connectivity index (χ1v) is 9.71. The number of carbonyl (C=O) groups is 1. The fourth-order valence-electron chi connectivity index (χ4n) is 4.82. The molecule has 27 heavy (non-hydrogen) atoms. The van der Waals surface area contributed by atoms with Crippen LogP contribution in [0.2, 0.25) is 0 Å². The maximum Gasteiger partial charge on any atom is 0.324 e. The number of rotatable bonds is 3. The predicted molar refractivity (Wildman–Crippen MR) is 104 cm³/mol. The van der Waals surface area contributed by atoms with Crippen molar-refractivity contribution in [3.05, 3.63) is 40.7 Å². The maximum absolute atomic E-state index is 13.1. The average Bonchev–Trinajstić information content (AvgIpc) is 3.39. The minimum Gasteiger partial charge on any atom is -0.627 e. The molecule has 3 unspecified atom stereocenters. The number of quaternary nitrogens is 1. The number of nitrogens with one attached hydrogen (secondary N) is 4. The topological polar surface area (TPSA) is 105 Å². The lowest BCUT2D eigenvalue weighted by molar-refractivity contribution is 0.262. The van der Waals surface area contributed by atoms with Crippen LogP contribution >= 0.6 is 0 Å². The predicted octanol–water partition coefficient (Wildman–Crippen LogP) is 3.00. The Bertz CT molecular complexity index is 875. The highest BCUT2D eigenvalue weighted by Gasteiger charge is 2.45. The van der Waals surface area contributed by atoms with Crippen LogP contribution in [0, 0.1) is 5.21 Å². The van der Waals surface area contributed by atoms with Crippen molar-refractivity contribution >= 4 is 23.2 Å². The number of urea groups is 1. The zero-order valence-corrected chi connectivity index (χ0v) is 15.1. The zero-order chi connectivity index (χ0) is 18.4. The average molecular weight is 368 g/mol. The highest BCUT2D eigenvalue weighted by Crippen LogP contribution is 2.46. The molecule has 2 amide bonds. The molecule has 8 nitrogen and oxygen atoms in total. The number of fused-ring (bicyclic) bond motifs is 3. The Morgan fingerprint density at radius 1 is 1.26 bits per heavy atom. The molecule has 5 rings (SSSR count). The molecule has 2 fully saturated rings. The smallest absolute Gasteiger partial charge is 0.324 e. The zero-order valence-electron chi connectivity index (χ0n) is 15.1. The van der Waals surface area contributed by atoms with Crippen molar-refractivity contribution < 1.29 is 4.79 Å². The van der Waals surface area contributed by atoms with Gasteiger partial charge in [-0.25, -0.2) is 4.79 Å². The van der Waals surface area contributed by atoms with Crippen LogP contribution < -0.4 is 20.6 Å². The van der Waals surface area contributed by atoms with Gasteiger partial charge in [-0.15, -0.1) is 0 Å². The van der Waals surface area contributed by atoms with E-state index >= 15 is 0 Å². The second kappa shape index (κ2) is 6.33. The van der Waals surface area contributed by atoms with Crippen LogP contribution in [0.1, 0.15) is 43.0 Å². The van der Waals surface area contributed by atoms with Crippen LogP contribution in [0.25, 0.3) is 0 Å². The highest BCUT2D eigenvalue weighted by atomic mass is 16.6. The van der Waals surface area contributed by atoms with Crippen molar-refractivity contribution in [3.8, 4) is 0 Å². The summed E-state index contributed by atoms with van der Waals surface area (Å²) in [5.74, 6) is 0.497. The van der Waals surface area contributed by atoms with E-state index in [0.717, 1.165) is 61.3 Å². The fourth-order valence-corrected chi connectivity index (χ4v) is 4.82. The molecule has 3 atom stereocenters. The second-order valence-corrected chi connectivity index (χ2v) is 7.76. The molecule has 2 saturated heterocycles. The van der Waals surface area contributed by atoms with E-state index in [2.05, 4.69) is 26.1 Å². The number of carbonyl (C=O) groups excluding carboxylic acids is 1. The van der Waals surface area contributed by atoms with Gasteiger partial charge in [-0.05, 0) is 31.5 Å². The molecule has 0 bridgehead atoms. The second-order valence-electron chi connectivity index (χ2n) is 7.76. The maximum atomic E-state index is 13.1. The van der Waals surface area contributed by atoms with Gasteiger partial charge in [-0.1, -0.05) is 6.07 Å². The molecule has 142 valence electrons. The van der Waals surface area contributed by atoms with Gasteiger partial charge in [0.25, 0.3) is 0 Å². The summed E-state index contributed by atoms with van der Waals surface area (Å²) in [5.41, 5.74) is 3.50. The number of aromatic nitrogens is 2. The molecule has 4 N–H and O–H groups in total. The molecule has 2 aromatic rings. The Morgan fingerprint density at radius 2 is 2.19 bits per heavy atom. The molecule has 1 aromatic heterocycles. The Kier molecular flexibility index (Phi) is 3.92. The lowest BCUT2D eigenvalue weighted by Gasteiger charge is -2.39. The first-order valence-electron chi connectivity index (χ1n) is 9.71. The van der Waals surface area contributed by atoms with Crippen molar-refractivity contribution in [1.82, 2.24) is 20.2 Å². The van der Waals surface area contributed by atoms with Gasteiger partial charge < -0.3 is 20.5 Å². The number of hydroxylamine groups is 2. The van der Waals surface area contributed by atoms with Gasteiger partial charge in [0.2, 0.25) is 0 Å². The van der Waals surface area contributed by atoms with Crippen molar-refractivity contribution in [2.75, 3.05) is 23.7 Å². The van der Waals surface area contributed by atoms with Gasteiger partial charge in [0.05, 0.1) is 24.0 Å². The van der Waals surface area contributed by atoms with Gasteiger partial charge in [-0.3, -0.25) is 10.4 Å². The summed E-state index contributed by atoms with van der Waals surface area (Å²) in [4.78, 5) is 12.5. The van der Waals surface area contributed by atoms with Gasteiger partial charge >= 0.3 is 6.03 Å². The molecule has 4 heterocycles. The molecule has 3 aliphatic rings. The minimum atomic E-state index is -0.342. The summed E-state index contributed by atoms with van der Waals surface area (Å²) >= 11 is 0. The summed E-state index contributed by atoms with van der Waals surface area (Å²) in [6.07, 6.45) is 4.88. The SMILES string of the molecule is O=C(Nc1cc(C2CCCN2)[nH]n1)Nc1cccc2c1CC1CCC[N+]21[O-]. The number of amides is 2. The Hall–Kier alpha value is -2.42. The van der Waals surface area contributed by atoms with Gasteiger partial charge in [0.15, 0.2) is 5.82 Å². The van der Waals surface area contributed by atoms with E-state index in [0.29, 0.717) is 12.4 Å². The third-order valence-electron chi connectivity index (χ3n) is 6.14. The van der Waals surface area contributed by atoms with E-state index in [4.69, 9.17) is 0 Å².